The maximum absolute atomic E-state index is 13.6. The number of phenols is 3. The molecule has 1 aliphatic carbocycles. The topological polar surface area (TPSA) is 179 Å². The molecule has 0 heterocycles. The summed E-state index contributed by atoms with van der Waals surface area (Å²) in [4.78, 5) is 36.8. The lowest BCUT2D eigenvalue weighted by Gasteiger charge is -2.40. The molecular weight excluding hydrogens is 528 g/mol. The summed E-state index contributed by atoms with van der Waals surface area (Å²) in [6.45, 7) is 5.95. The Morgan fingerprint density at radius 1 is 1.13 bits per heavy atom. The zero-order valence-corrected chi connectivity index (χ0v) is 23.5. The predicted octanol–water partition coefficient (Wildman–Crippen LogP) is 3.28. The van der Waals surface area contributed by atoms with Crippen LogP contribution in [-0.2, 0) is 38.0 Å². The highest BCUT2D eigenvalue weighted by atomic mass is 32.2. The van der Waals surface area contributed by atoms with E-state index in [2.05, 4.69) is 0 Å². The van der Waals surface area contributed by atoms with Gasteiger partial charge in [-0.2, -0.15) is 0 Å². The minimum Gasteiger partial charge on any atom is -0.512 e. The number of ketones is 2. The lowest BCUT2D eigenvalue weighted by molar-refractivity contribution is -0.158. The number of rotatable bonds is 6. The van der Waals surface area contributed by atoms with E-state index in [1.807, 2.05) is 19.9 Å². The van der Waals surface area contributed by atoms with Gasteiger partial charge in [0.15, 0.2) is 11.9 Å². The second-order valence-electron chi connectivity index (χ2n) is 9.85. The quantitative estimate of drug-likeness (QED) is 0.152. The van der Waals surface area contributed by atoms with Crippen molar-refractivity contribution in [2.24, 2.45) is 0 Å². The van der Waals surface area contributed by atoms with Gasteiger partial charge >= 0.3 is 5.97 Å². The summed E-state index contributed by atoms with van der Waals surface area (Å²) in [5.74, 6) is -4.12. The highest BCUT2D eigenvalue weighted by molar-refractivity contribution is 7.83. The van der Waals surface area contributed by atoms with E-state index in [1.165, 1.54) is 13.0 Å². The lowest BCUT2D eigenvalue weighted by Crippen LogP contribution is -2.54. The van der Waals surface area contributed by atoms with E-state index in [0.717, 1.165) is 24.6 Å². The molecule has 0 aliphatic heterocycles. The molecule has 1 aliphatic rings. The number of carbonyl (C=O) groups excluding carboxylic acids is 3. The summed E-state index contributed by atoms with van der Waals surface area (Å²) in [5.41, 5.74) is -0.791. The Hall–Kier alpha value is -3.70. The van der Waals surface area contributed by atoms with Crippen molar-refractivity contribution in [1.82, 2.24) is 0 Å². The van der Waals surface area contributed by atoms with Gasteiger partial charge < -0.3 is 30.3 Å². The number of carbonyl (C=O) groups is 3. The van der Waals surface area contributed by atoms with Crippen LogP contribution in [-0.4, -0.2) is 71.5 Å². The van der Waals surface area contributed by atoms with Gasteiger partial charge in [0.05, 0.1) is 16.7 Å². The monoisotopic (exact) mass is 562 g/mol. The molecule has 212 valence electrons. The summed E-state index contributed by atoms with van der Waals surface area (Å²) in [7, 11) is -0.611. The molecule has 0 aromatic heterocycles. The molecular formula is C28H34O10S. The number of aromatic hydroxyl groups is 3. The van der Waals surface area contributed by atoms with Crippen molar-refractivity contribution in [3.63, 3.8) is 0 Å². The molecule has 0 amide bonds. The van der Waals surface area contributed by atoms with Crippen LogP contribution in [0.2, 0.25) is 0 Å². The molecule has 5 N–H and O–H groups in total. The Balaban J connectivity index is 0.00000124. The van der Waals surface area contributed by atoms with E-state index >= 15 is 0 Å². The van der Waals surface area contributed by atoms with E-state index in [1.54, 1.807) is 12.5 Å². The van der Waals surface area contributed by atoms with Crippen LogP contribution in [0.3, 0.4) is 0 Å². The molecule has 2 aromatic carbocycles. The Kier molecular flexibility index (Phi) is 10.1. The Bertz CT molecular complexity index is 1400. The Morgan fingerprint density at radius 3 is 2.23 bits per heavy atom. The van der Waals surface area contributed by atoms with Crippen LogP contribution in [0.5, 0.6) is 17.2 Å². The molecule has 11 heteroatoms. The summed E-state index contributed by atoms with van der Waals surface area (Å²) in [6, 6.07) is 2.36. The van der Waals surface area contributed by atoms with Crippen LogP contribution in [0, 0.1) is 0 Å². The van der Waals surface area contributed by atoms with Crippen molar-refractivity contribution in [3.8, 4) is 17.2 Å². The van der Waals surface area contributed by atoms with Gasteiger partial charge in [0.25, 0.3) is 0 Å². The summed E-state index contributed by atoms with van der Waals surface area (Å²) >= 11 is 0. The van der Waals surface area contributed by atoms with E-state index in [9.17, 15) is 44.1 Å². The van der Waals surface area contributed by atoms with Crippen LogP contribution in [0.25, 0.3) is 10.8 Å². The number of esters is 1. The standard InChI is InChI=1S/C26H28O9.C2H6OS/c1-12(2)5-6-17-18-8-15(29)9-20(31)21(18)23(32)22-19(17)11-26(34,10-16(30)7-13(3)27)25(24(22)33)35-14(4)28;1-4(2)3/h5,7-9,25,29-32,34H,6,10-11H2,1-4H3;1-2H3/b16-7-;/t25-,26+;/m1./s1. The molecule has 10 nitrogen and oxygen atoms in total. The number of allylic oxidation sites excluding steroid dienone is 3. The molecule has 0 bridgehead atoms. The minimum atomic E-state index is -2.15. The SMILES string of the molecule is CC(=O)/C=C(\O)C[C@]1(O)Cc2c(c(O)c3c(O)cc(O)cc3c2CC=C(C)C)C(=O)[C@H]1OC(C)=O.CS(C)=O. The average molecular weight is 563 g/mol. The normalized spacial score (nSPS) is 18.7. The van der Waals surface area contributed by atoms with E-state index in [0.29, 0.717) is 5.56 Å². The molecule has 3 rings (SSSR count). The van der Waals surface area contributed by atoms with Gasteiger partial charge in [0.1, 0.15) is 22.8 Å². The molecule has 0 saturated carbocycles. The molecule has 2 atom stereocenters. The maximum atomic E-state index is 13.6. The number of ether oxygens (including phenoxy) is 1. The number of aliphatic hydroxyl groups excluding tert-OH is 1. The number of fused-ring (bicyclic) bond motifs is 2. The highest BCUT2D eigenvalue weighted by Crippen LogP contribution is 2.47. The van der Waals surface area contributed by atoms with E-state index in [4.69, 9.17) is 4.74 Å². The van der Waals surface area contributed by atoms with Crippen molar-refractivity contribution in [2.75, 3.05) is 12.5 Å². The van der Waals surface area contributed by atoms with Crippen LogP contribution in [0.1, 0.15) is 55.6 Å². The van der Waals surface area contributed by atoms with E-state index in [-0.39, 0.29) is 40.5 Å². The molecule has 0 fully saturated rings. The van der Waals surface area contributed by atoms with Crippen LogP contribution < -0.4 is 0 Å². The smallest absolute Gasteiger partial charge is 0.303 e. The van der Waals surface area contributed by atoms with E-state index < -0.39 is 63.7 Å². The largest absolute Gasteiger partial charge is 0.512 e. The predicted molar refractivity (Wildman–Crippen MR) is 147 cm³/mol. The summed E-state index contributed by atoms with van der Waals surface area (Å²) in [5, 5.41) is 53.7. The van der Waals surface area contributed by atoms with Crippen molar-refractivity contribution in [1.29, 1.82) is 0 Å². The number of phenolic OH excluding ortho intramolecular Hbond substituents is 3. The molecule has 39 heavy (non-hydrogen) atoms. The van der Waals surface area contributed by atoms with Crippen molar-refractivity contribution >= 4 is 39.1 Å². The Labute approximate surface area is 228 Å². The molecule has 0 radical (unpaired) electrons. The maximum Gasteiger partial charge on any atom is 0.303 e. The second kappa shape index (κ2) is 12.4. The lowest BCUT2D eigenvalue weighted by atomic mass is 9.71. The zero-order chi connectivity index (χ0) is 29.8. The van der Waals surface area contributed by atoms with Gasteiger partial charge in [0, 0.05) is 55.2 Å². The molecule has 0 saturated heterocycles. The van der Waals surface area contributed by atoms with Crippen LogP contribution in [0.4, 0.5) is 0 Å². The molecule has 0 spiro atoms. The van der Waals surface area contributed by atoms with Crippen molar-refractivity contribution < 1.29 is 48.9 Å². The van der Waals surface area contributed by atoms with Gasteiger partial charge in [-0.15, -0.1) is 0 Å². The van der Waals surface area contributed by atoms with Gasteiger partial charge in [-0.1, -0.05) is 11.6 Å². The fourth-order valence-electron chi connectivity index (χ4n) is 4.54. The minimum absolute atomic E-state index is 0.0709. The Morgan fingerprint density at radius 2 is 1.72 bits per heavy atom. The van der Waals surface area contributed by atoms with Crippen molar-refractivity contribution in [2.45, 2.75) is 58.7 Å². The third kappa shape index (κ3) is 7.45. The first-order chi connectivity index (χ1) is 18.0. The molecule has 2 aromatic rings. The number of Topliss-reactive ketones (excluding diaryl/α,β-unsaturated/α-hetero) is 1. The fourth-order valence-corrected chi connectivity index (χ4v) is 4.54. The first kappa shape index (κ1) is 31.5. The summed E-state index contributed by atoms with van der Waals surface area (Å²) in [6.07, 6.45) is 3.51. The number of aliphatic hydroxyl groups is 2. The fraction of sp³-hybridized carbons (Fsp3) is 0.393. The highest BCUT2D eigenvalue weighted by Gasteiger charge is 2.51. The van der Waals surface area contributed by atoms with Crippen LogP contribution >= 0.6 is 0 Å². The first-order valence-electron chi connectivity index (χ1n) is 11.9. The average Bonchev–Trinajstić information content (AvgIpc) is 2.74. The molecule has 0 unspecified atom stereocenters. The third-order valence-corrected chi connectivity index (χ3v) is 5.88. The second-order valence-corrected chi connectivity index (χ2v) is 11.3. The third-order valence-electron chi connectivity index (χ3n) is 5.88. The van der Waals surface area contributed by atoms with Crippen molar-refractivity contribution in [3.05, 3.63) is 52.3 Å². The number of benzene rings is 2. The van der Waals surface area contributed by atoms with Gasteiger partial charge in [-0.25, -0.2) is 0 Å². The van der Waals surface area contributed by atoms with Crippen LogP contribution in [0.15, 0.2) is 35.6 Å². The number of hydrogen-bond acceptors (Lipinski definition) is 10. The first-order valence-corrected chi connectivity index (χ1v) is 13.9. The number of hydrogen-bond donors (Lipinski definition) is 5. The summed E-state index contributed by atoms with van der Waals surface area (Å²) < 4.78 is 14.7. The zero-order valence-electron chi connectivity index (χ0n) is 22.7. The van der Waals surface area contributed by atoms with Gasteiger partial charge in [-0.3, -0.25) is 18.6 Å². The van der Waals surface area contributed by atoms with Gasteiger partial charge in [-0.05, 0) is 49.8 Å². The van der Waals surface area contributed by atoms with Gasteiger partial charge in [0.2, 0.25) is 5.78 Å².